The molecule has 0 aliphatic rings. The number of ether oxygens (including phenoxy) is 2. The van der Waals surface area contributed by atoms with Gasteiger partial charge in [-0.15, -0.1) is 11.3 Å². The third kappa shape index (κ3) is 3.72. The van der Waals surface area contributed by atoms with Crippen molar-refractivity contribution in [3.05, 3.63) is 44.6 Å². The third-order valence-corrected chi connectivity index (χ3v) is 4.43. The summed E-state index contributed by atoms with van der Waals surface area (Å²) in [4.78, 5) is 1.13. The lowest BCUT2D eigenvalue weighted by Gasteiger charge is -2.13. The number of benzene rings is 1. The molecule has 3 nitrogen and oxygen atoms in total. The molecule has 0 saturated carbocycles. The zero-order valence-electron chi connectivity index (χ0n) is 10.7. The Bertz CT molecular complexity index is 531. The molecule has 1 atom stereocenters. The fourth-order valence-corrected chi connectivity index (χ4v) is 3.31. The van der Waals surface area contributed by atoms with Gasteiger partial charge in [0.05, 0.1) is 24.1 Å². The smallest absolute Gasteiger partial charge is 0.122 e. The van der Waals surface area contributed by atoms with Crippen LogP contribution in [0.5, 0.6) is 11.5 Å². The highest BCUT2D eigenvalue weighted by molar-refractivity contribution is 9.11. The summed E-state index contributed by atoms with van der Waals surface area (Å²) in [6.45, 7) is 0. The van der Waals surface area contributed by atoms with Crippen molar-refractivity contribution in [3.8, 4) is 11.5 Å². The molecule has 0 radical (unpaired) electrons. The SMILES string of the molecule is COc1cc(OC)cc(C(O)Cc2ccc(Br)s2)c1. The lowest BCUT2D eigenvalue weighted by molar-refractivity contribution is 0.178. The number of hydrogen-bond acceptors (Lipinski definition) is 4. The average molecular weight is 343 g/mol. The second-order valence-electron chi connectivity index (χ2n) is 4.07. The van der Waals surface area contributed by atoms with E-state index in [1.165, 1.54) is 0 Å². The molecule has 0 fully saturated rings. The zero-order chi connectivity index (χ0) is 13.8. The lowest BCUT2D eigenvalue weighted by atomic mass is 10.1. The minimum absolute atomic E-state index is 0.574. The Morgan fingerprint density at radius 3 is 2.26 bits per heavy atom. The van der Waals surface area contributed by atoms with Crippen LogP contribution in [0.25, 0.3) is 0 Å². The Morgan fingerprint density at radius 1 is 1.16 bits per heavy atom. The van der Waals surface area contributed by atoms with Crippen LogP contribution in [0.4, 0.5) is 0 Å². The summed E-state index contributed by atoms with van der Waals surface area (Å²) in [6, 6.07) is 9.44. The molecule has 19 heavy (non-hydrogen) atoms. The largest absolute Gasteiger partial charge is 0.497 e. The van der Waals surface area contributed by atoms with Gasteiger partial charge in [-0.2, -0.15) is 0 Å². The van der Waals surface area contributed by atoms with Gasteiger partial charge in [0.2, 0.25) is 0 Å². The molecule has 0 amide bonds. The van der Waals surface area contributed by atoms with E-state index in [1.54, 1.807) is 31.6 Å². The minimum atomic E-state index is -0.574. The van der Waals surface area contributed by atoms with Crippen LogP contribution >= 0.6 is 27.3 Å². The number of aliphatic hydroxyl groups excluding tert-OH is 1. The van der Waals surface area contributed by atoms with Crippen LogP contribution < -0.4 is 9.47 Å². The van der Waals surface area contributed by atoms with Crippen LogP contribution in [0.15, 0.2) is 34.1 Å². The van der Waals surface area contributed by atoms with Crippen molar-refractivity contribution in [1.29, 1.82) is 0 Å². The Morgan fingerprint density at radius 2 is 1.79 bits per heavy atom. The van der Waals surface area contributed by atoms with Crippen molar-refractivity contribution in [3.63, 3.8) is 0 Å². The second-order valence-corrected chi connectivity index (χ2v) is 6.62. The van der Waals surface area contributed by atoms with Crippen molar-refractivity contribution in [1.82, 2.24) is 0 Å². The fraction of sp³-hybridized carbons (Fsp3) is 0.286. The van der Waals surface area contributed by atoms with Crippen LogP contribution in [0.3, 0.4) is 0 Å². The van der Waals surface area contributed by atoms with Crippen molar-refractivity contribution in [2.75, 3.05) is 14.2 Å². The summed E-state index contributed by atoms with van der Waals surface area (Å²) >= 11 is 5.05. The maximum atomic E-state index is 10.3. The minimum Gasteiger partial charge on any atom is -0.497 e. The van der Waals surface area contributed by atoms with Crippen LogP contribution in [0.2, 0.25) is 0 Å². The summed E-state index contributed by atoms with van der Waals surface area (Å²) in [6.07, 6.45) is 0.00149. The first-order valence-electron chi connectivity index (χ1n) is 5.77. The fourth-order valence-electron chi connectivity index (χ4n) is 1.79. The molecule has 102 valence electrons. The van der Waals surface area contributed by atoms with Gasteiger partial charge in [0, 0.05) is 17.4 Å². The Labute approximate surface area is 124 Å². The molecule has 2 aromatic rings. The van der Waals surface area contributed by atoms with Gasteiger partial charge >= 0.3 is 0 Å². The van der Waals surface area contributed by atoms with Gasteiger partial charge in [0.15, 0.2) is 0 Å². The molecule has 0 bridgehead atoms. The number of aliphatic hydroxyl groups is 1. The number of hydrogen-bond donors (Lipinski definition) is 1. The van der Waals surface area contributed by atoms with Gasteiger partial charge in [-0.25, -0.2) is 0 Å². The first kappa shape index (κ1) is 14.4. The van der Waals surface area contributed by atoms with Gasteiger partial charge in [-0.3, -0.25) is 0 Å². The molecule has 1 aromatic carbocycles. The first-order valence-corrected chi connectivity index (χ1v) is 7.38. The van der Waals surface area contributed by atoms with Crippen LogP contribution in [0.1, 0.15) is 16.5 Å². The van der Waals surface area contributed by atoms with Gasteiger partial charge in [0.1, 0.15) is 11.5 Å². The summed E-state index contributed by atoms with van der Waals surface area (Å²) in [5.41, 5.74) is 0.792. The lowest BCUT2D eigenvalue weighted by Crippen LogP contribution is -2.01. The summed E-state index contributed by atoms with van der Waals surface area (Å²) < 4.78 is 11.5. The van der Waals surface area contributed by atoms with Crippen LogP contribution in [-0.2, 0) is 6.42 Å². The van der Waals surface area contributed by atoms with Crippen molar-refractivity contribution < 1.29 is 14.6 Å². The summed E-state index contributed by atoms with van der Waals surface area (Å²) in [7, 11) is 3.20. The predicted molar refractivity (Wildman–Crippen MR) is 80.2 cm³/mol. The van der Waals surface area contributed by atoms with Crippen molar-refractivity contribution in [2.45, 2.75) is 12.5 Å². The van der Waals surface area contributed by atoms with E-state index in [0.29, 0.717) is 17.9 Å². The Hall–Kier alpha value is -1.04. The summed E-state index contributed by atoms with van der Waals surface area (Å²) in [5.74, 6) is 1.36. The highest BCUT2D eigenvalue weighted by Gasteiger charge is 2.13. The van der Waals surface area contributed by atoms with E-state index in [9.17, 15) is 5.11 Å². The molecule has 1 aromatic heterocycles. The van der Waals surface area contributed by atoms with E-state index in [0.717, 1.165) is 14.2 Å². The number of thiophene rings is 1. The summed E-state index contributed by atoms with van der Waals surface area (Å²) in [5, 5.41) is 10.3. The molecule has 1 heterocycles. The van der Waals surface area contributed by atoms with E-state index >= 15 is 0 Å². The average Bonchev–Trinajstić information content (AvgIpc) is 2.83. The molecular formula is C14H15BrO3S. The van der Waals surface area contributed by atoms with E-state index in [-0.39, 0.29) is 0 Å². The quantitative estimate of drug-likeness (QED) is 0.897. The molecule has 0 aliphatic carbocycles. The van der Waals surface area contributed by atoms with Gasteiger partial charge in [-0.1, -0.05) is 0 Å². The standard InChI is InChI=1S/C14H15BrO3S/c1-17-10-5-9(6-11(7-10)18-2)13(16)8-12-3-4-14(15)19-12/h3-7,13,16H,8H2,1-2H3. The predicted octanol–water partition coefficient (Wildman–Crippen LogP) is 3.80. The van der Waals surface area contributed by atoms with Gasteiger partial charge in [0.25, 0.3) is 0 Å². The van der Waals surface area contributed by atoms with Crippen LogP contribution in [-0.4, -0.2) is 19.3 Å². The normalized spacial score (nSPS) is 12.2. The molecular weight excluding hydrogens is 328 g/mol. The Balaban J connectivity index is 2.20. The molecule has 1 unspecified atom stereocenters. The Kier molecular flexibility index (Phi) is 4.85. The number of methoxy groups -OCH3 is 2. The third-order valence-electron chi connectivity index (χ3n) is 2.78. The monoisotopic (exact) mass is 342 g/mol. The highest BCUT2D eigenvalue weighted by atomic mass is 79.9. The molecule has 5 heteroatoms. The van der Waals surface area contributed by atoms with E-state index < -0.39 is 6.10 Å². The molecule has 0 saturated heterocycles. The number of halogens is 1. The van der Waals surface area contributed by atoms with Gasteiger partial charge < -0.3 is 14.6 Å². The maximum Gasteiger partial charge on any atom is 0.122 e. The zero-order valence-corrected chi connectivity index (χ0v) is 13.1. The van der Waals surface area contributed by atoms with Crippen molar-refractivity contribution in [2.24, 2.45) is 0 Å². The van der Waals surface area contributed by atoms with E-state index in [2.05, 4.69) is 15.9 Å². The molecule has 2 rings (SSSR count). The first-order chi connectivity index (χ1) is 9.12. The van der Waals surface area contributed by atoms with E-state index in [1.807, 2.05) is 24.3 Å². The molecule has 1 N–H and O–H groups in total. The second kappa shape index (κ2) is 6.41. The molecule has 0 spiro atoms. The maximum absolute atomic E-state index is 10.3. The van der Waals surface area contributed by atoms with Crippen molar-refractivity contribution >= 4 is 27.3 Å². The van der Waals surface area contributed by atoms with Gasteiger partial charge in [-0.05, 0) is 45.8 Å². The van der Waals surface area contributed by atoms with E-state index in [4.69, 9.17) is 9.47 Å². The van der Waals surface area contributed by atoms with Crippen LogP contribution in [0, 0.1) is 0 Å². The number of rotatable bonds is 5. The topological polar surface area (TPSA) is 38.7 Å². The molecule has 0 aliphatic heterocycles. The highest BCUT2D eigenvalue weighted by Crippen LogP contribution is 2.30.